The van der Waals surface area contributed by atoms with Gasteiger partial charge in [-0.2, -0.15) is 4.98 Å². The molecule has 2 aromatic rings. The maximum Gasteiger partial charge on any atom is 0.410 e. The zero-order chi connectivity index (χ0) is 26.5. The van der Waals surface area contributed by atoms with E-state index in [4.69, 9.17) is 18.7 Å². The Morgan fingerprint density at radius 3 is 2.19 bits per heavy atom. The second kappa shape index (κ2) is 11.3. The topological polar surface area (TPSA) is 104 Å². The van der Waals surface area contributed by atoms with Gasteiger partial charge in [0.15, 0.2) is 6.61 Å². The molecule has 1 aromatic heterocycles. The molecule has 2 heterocycles. The first-order valence-corrected chi connectivity index (χ1v) is 12.6. The van der Waals surface area contributed by atoms with Gasteiger partial charge in [0.2, 0.25) is 11.7 Å². The molecule has 1 unspecified atom stereocenters. The third-order valence-electron chi connectivity index (χ3n) is 5.85. The number of benzene rings is 1. The summed E-state index contributed by atoms with van der Waals surface area (Å²) in [6.07, 6.45) is 2.33. The fourth-order valence-electron chi connectivity index (χ4n) is 4.24. The van der Waals surface area contributed by atoms with Crippen molar-refractivity contribution < 1.29 is 28.3 Å². The van der Waals surface area contributed by atoms with Crippen molar-refractivity contribution in [3.8, 4) is 17.1 Å². The van der Waals surface area contributed by atoms with Gasteiger partial charge in [-0.15, -0.1) is 0 Å². The van der Waals surface area contributed by atoms with E-state index >= 15 is 0 Å². The van der Waals surface area contributed by atoms with Crippen LogP contribution in [0.15, 0.2) is 28.8 Å². The molecule has 9 heteroatoms. The van der Waals surface area contributed by atoms with Crippen LogP contribution in [0.1, 0.15) is 79.5 Å². The summed E-state index contributed by atoms with van der Waals surface area (Å²) in [7, 11) is 0. The van der Waals surface area contributed by atoms with Crippen LogP contribution in [-0.4, -0.2) is 58.0 Å². The molecule has 36 heavy (non-hydrogen) atoms. The molecule has 1 saturated heterocycles. The van der Waals surface area contributed by atoms with Crippen molar-refractivity contribution in [2.75, 3.05) is 19.7 Å². The normalized spacial score (nSPS) is 15.9. The number of carbonyl (C=O) groups excluding carboxylic acids is 2. The Balaban J connectivity index is 1.57. The summed E-state index contributed by atoms with van der Waals surface area (Å²) in [5.41, 5.74) is -0.252. The van der Waals surface area contributed by atoms with Crippen molar-refractivity contribution in [2.45, 2.75) is 84.8 Å². The van der Waals surface area contributed by atoms with Gasteiger partial charge in [0.1, 0.15) is 17.0 Å². The minimum Gasteiger partial charge on any atom is -0.482 e. The molecular weight excluding hydrogens is 462 g/mol. The third-order valence-corrected chi connectivity index (χ3v) is 5.85. The predicted molar refractivity (Wildman–Crippen MR) is 135 cm³/mol. The van der Waals surface area contributed by atoms with Crippen LogP contribution in [0, 0.1) is 5.92 Å². The highest BCUT2D eigenvalue weighted by Crippen LogP contribution is 2.35. The van der Waals surface area contributed by atoms with E-state index in [0.717, 1.165) is 24.8 Å². The fraction of sp³-hybridized carbons (Fsp3) is 0.630. The number of hydrogen-bond donors (Lipinski definition) is 0. The standard InChI is InChI=1S/C27H39N3O6/c1-8-21(18-13-15-30(16-14-18)25(32)35-27(5,6)7)24-28-23(29-36-24)19-9-11-20(12-10-19)33-17-22(31)34-26(2,3)4/h9-12,18,21H,8,13-17H2,1-7H3. The van der Waals surface area contributed by atoms with Crippen LogP contribution >= 0.6 is 0 Å². The van der Waals surface area contributed by atoms with E-state index in [1.807, 2.05) is 53.7 Å². The number of carbonyl (C=O) groups is 2. The van der Waals surface area contributed by atoms with Gasteiger partial charge in [-0.25, -0.2) is 9.59 Å². The van der Waals surface area contributed by atoms with Gasteiger partial charge in [-0.05, 0) is 91.0 Å². The molecule has 1 fully saturated rings. The van der Waals surface area contributed by atoms with E-state index in [9.17, 15) is 9.59 Å². The van der Waals surface area contributed by atoms with Gasteiger partial charge in [-0.3, -0.25) is 0 Å². The highest BCUT2D eigenvalue weighted by Gasteiger charge is 2.33. The second-order valence-electron chi connectivity index (χ2n) is 11.2. The minimum absolute atomic E-state index is 0.128. The maximum absolute atomic E-state index is 12.4. The van der Waals surface area contributed by atoms with Crippen LogP contribution in [0.4, 0.5) is 4.79 Å². The van der Waals surface area contributed by atoms with Crippen molar-refractivity contribution in [1.29, 1.82) is 0 Å². The van der Waals surface area contributed by atoms with Gasteiger partial charge in [0.25, 0.3) is 0 Å². The zero-order valence-corrected chi connectivity index (χ0v) is 22.5. The smallest absolute Gasteiger partial charge is 0.410 e. The first kappa shape index (κ1) is 27.5. The molecule has 198 valence electrons. The lowest BCUT2D eigenvalue weighted by Gasteiger charge is -2.35. The molecular formula is C27H39N3O6. The van der Waals surface area contributed by atoms with E-state index in [2.05, 4.69) is 17.1 Å². The first-order chi connectivity index (χ1) is 16.8. The van der Waals surface area contributed by atoms with Crippen molar-refractivity contribution in [3.63, 3.8) is 0 Å². The molecule has 1 amide bonds. The van der Waals surface area contributed by atoms with Crippen molar-refractivity contribution in [2.24, 2.45) is 5.92 Å². The average Bonchev–Trinajstić information content (AvgIpc) is 3.26. The van der Waals surface area contributed by atoms with Crippen LogP contribution in [0.2, 0.25) is 0 Å². The summed E-state index contributed by atoms with van der Waals surface area (Å²) >= 11 is 0. The molecule has 0 N–H and O–H groups in total. The maximum atomic E-state index is 12.4. The van der Waals surface area contributed by atoms with Gasteiger partial charge in [-0.1, -0.05) is 12.1 Å². The number of aromatic nitrogens is 2. The SMILES string of the molecule is CCC(c1nc(-c2ccc(OCC(=O)OC(C)(C)C)cc2)no1)C1CCN(C(=O)OC(C)(C)C)CC1. The Hall–Kier alpha value is -3.10. The second-order valence-corrected chi connectivity index (χ2v) is 11.2. The van der Waals surface area contributed by atoms with Crippen LogP contribution in [0.3, 0.4) is 0 Å². The Bertz CT molecular complexity index is 1010. The summed E-state index contributed by atoms with van der Waals surface area (Å²) in [5.74, 6) is 1.74. The molecule has 0 spiro atoms. The highest BCUT2D eigenvalue weighted by molar-refractivity contribution is 5.71. The summed E-state index contributed by atoms with van der Waals surface area (Å²) < 4.78 is 21.9. The number of hydrogen-bond acceptors (Lipinski definition) is 8. The predicted octanol–water partition coefficient (Wildman–Crippen LogP) is 5.60. The van der Waals surface area contributed by atoms with Crippen LogP contribution in [0.5, 0.6) is 5.75 Å². The fourth-order valence-corrected chi connectivity index (χ4v) is 4.24. The first-order valence-electron chi connectivity index (χ1n) is 12.6. The molecule has 9 nitrogen and oxygen atoms in total. The lowest BCUT2D eigenvalue weighted by atomic mass is 9.82. The Kier molecular flexibility index (Phi) is 8.63. The number of likely N-dealkylation sites (tertiary alicyclic amines) is 1. The summed E-state index contributed by atoms with van der Waals surface area (Å²) in [6, 6.07) is 7.19. The van der Waals surface area contributed by atoms with Gasteiger partial charge >= 0.3 is 12.1 Å². The zero-order valence-electron chi connectivity index (χ0n) is 22.5. The minimum atomic E-state index is -0.550. The van der Waals surface area contributed by atoms with Gasteiger partial charge < -0.3 is 23.6 Å². The van der Waals surface area contributed by atoms with E-state index in [1.54, 1.807) is 17.0 Å². The molecule has 0 aliphatic carbocycles. The molecule has 1 aliphatic rings. The molecule has 1 aromatic carbocycles. The summed E-state index contributed by atoms with van der Waals surface area (Å²) in [5, 5.41) is 4.19. The van der Waals surface area contributed by atoms with E-state index in [1.165, 1.54) is 0 Å². The molecule has 0 radical (unpaired) electrons. The van der Waals surface area contributed by atoms with Crippen LogP contribution < -0.4 is 4.74 Å². The number of amides is 1. The largest absolute Gasteiger partial charge is 0.482 e. The molecule has 0 bridgehead atoms. The lowest BCUT2D eigenvalue weighted by molar-refractivity contribution is -0.157. The Morgan fingerprint density at radius 1 is 1.03 bits per heavy atom. The number of esters is 1. The van der Waals surface area contributed by atoms with Crippen LogP contribution in [-0.2, 0) is 14.3 Å². The number of rotatable bonds is 7. The quantitative estimate of drug-likeness (QED) is 0.452. The van der Waals surface area contributed by atoms with Gasteiger partial charge in [0, 0.05) is 24.6 Å². The van der Waals surface area contributed by atoms with E-state index in [0.29, 0.717) is 36.5 Å². The summed E-state index contributed by atoms with van der Waals surface area (Å²) in [4.78, 5) is 30.7. The highest BCUT2D eigenvalue weighted by atomic mass is 16.6. The molecule has 1 aliphatic heterocycles. The Morgan fingerprint density at radius 2 is 1.64 bits per heavy atom. The Labute approximate surface area is 213 Å². The molecule has 1 atom stereocenters. The van der Waals surface area contributed by atoms with E-state index < -0.39 is 17.2 Å². The lowest BCUT2D eigenvalue weighted by Crippen LogP contribution is -2.42. The van der Waals surface area contributed by atoms with Gasteiger partial charge in [0.05, 0.1) is 0 Å². The number of ether oxygens (including phenoxy) is 3. The number of piperidine rings is 1. The summed E-state index contributed by atoms with van der Waals surface area (Å²) in [6.45, 7) is 14.3. The van der Waals surface area contributed by atoms with Crippen molar-refractivity contribution in [3.05, 3.63) is 30.2 Å². The number of nitrogens with zero attached hydrogens (tertiary/aromatic N) is 3. The van der Waals surface area contributed by atoms with E-state index in [-0.39, 0.29) is 18.6 Å². The molecule has 0 saturated carbocycles. The van der Waals surface area contributed by atoms with Crippen molar-refractivity contribution >= 4 is 12.1 Å². The monoisotopic (exact) mass is 501 g/mol. The average molecular weight is 502 g/mol. The van der Waals surface area contributed by atoms with Crippen LogP contribution in [0.25, 0.3) is 11.4 Å². The third kappa shape index (κ3) is 7.96. The van der Waals surface area contributed by atoms with Crippen molar-refractivity contribution in [1.82, 2.24) is 15.0 Å². The molecule has 3 rings (SSSR count).